The average Bonchev–Trinajstić information content (AvgIpc) is 3.31. The molecule has 0 aliphatic heterocycles. The lowest BCUT2D eigenvalue weighted by molar-refractivity contribution is -0.113. The number of hydrogen-bond acceptors (Lipinski definition) is 7. The minimum atomic E-state index is -0.199. The smallest absolute Gasteiger partial charge is 0.234 e. The number of furan rings is 1. The molecule has 29 heavy (non-hydrogen) atoms. The van der Waals surface area contributed by atoms with Gasteiger partial charge in [0.05, 0.1) is 12.9 Å². The standard InChI is InChI=1S/C19H16ClN5O3S/c1-27-14-4-2-3-11-9-15(28-17(11)14)18-23-24-19(25(18)21)29-10-16(26)22-13-7-5-12(20)6-8-13/h2-9H,10,21H2,1H3,(H,22,26). The van der Waals surface area contributed by atoms with E-state index in [0.29, 0.717) is 38.8 Å². The number of amides is 1. The molecule has 0 atom stereocenters. The monoisotopic (exact) mass is 429 g/mol. The van der Waals surface area contributed by atoms with E-state index >= 15 is 0 Å². The first kappa shape index (κ1) is 19.2. The van der Waals surface area contributed by atoms with Crippen LogP contribution in [-0.2, 0) is 4.79 Å². The van der Waals surface area contributed by atoms with Gasteiger partial charge in [-0.1, -0.05) is 35.5 Å². The molecular weight excluding hydrogens is 414 g/mol. The second-order valence-electron chi connectivity index (χ2n) is 6.01. The molecule has 2 aromatic heterocycles. The summed E-state index contributed by atoms with van der Waals surface area (Å²) in [4.78, 5) is 12.2. The lowest BCUT2D eigenvalue weighted by atomic mass is 10.2. The van der Waals surface area contributed by atoms with E-state index in [0.717, 1.165) is 5.39 Å². The van der Waals surface area contributed by atoms with E-state index in [1.54, 1.807) is 31.4 Å². The predicted octanol–water partition coefficient (Wildman–Crippen LogP) is 3.80. The average molecular weight is 430 g/mol. The van der Waals surface area contributed by atoms with Gasteiger partial charge in [0.1, 0.15) is 0 Å². The highest BCUT2D eigenvalue weighted by Crippen LogP contribution is 2.33. The summed E-state index contributed by atoms with van der Waals surface area (Å²) in [5, 5.41) is 12.8. The zero-order chi connectivity index (χ0) is 20.4. The molecule has 0 saturated carbocycles. The van der Waals surface area contributed by atoms with Gasteiger partial charge in [-0.25, -0.2) is 4.68 Å². The maximum atomic E-state index is 12.2. The zero-order valence-corrected chi connectivity index (χ0v) is 16.8. The minimum absolute atomic E-state index is 0.117. The number of aromatic nitrogens is 3. The normalized spacial score (nSPS) is 11.0. The summed E-state index contributed by atoms with van der Waals surface area (Å²) in [7, 11) is 1.58. The molecule has 0 unspecified atom stereocenters. The Balaban J connectivity index is 1.47. The number of carbonyl (C=O) groups excluding carboxylic acids is 1. The van der Waals surface area contributed by atoms with Crippen molar-refractivity contribution in [3.05, 3.63) is 53.6 Å². The van der Waals surface area contributed by atoms with Crippen LogP contribution in [-0.4, -0.2) is 33.6 Å². The van der Waals surface area contributed by atoms with E-state index in [-0.39, 0.29) is 11.7 Å². The second kappa shape index (κ2) is 8.06. The van der Waals surface area contributed by atoms with Gasteiger partial charge in [0.25, 0.3) is 0 Å². The van der Waals surface area contributed by atoms with Crippen LogP contribution in [0.5, 0.6) is 5.75 Å². The number of nitrogens with two attached hydrogens (primary N) is 1. The zero-order valence-electron chi connectivity index (χ0n) is 15.3. The van der Waals surface area contributed by atoms with Crippen LogP contribution in [0.2, 0.25) is 5.02 Å². The summed E-state index contributed by atoms with van der Waals surface area (Å²) in [6.07, 6.45) is 0. The van der Waals surface area contributed by atoms with Gasteiger partial charge in [-0.05, 0) is 36.4 Å². The Bertz CT molecular complexity index is 1170. The van der Waals surface area contributed by atoms with E-state index in [9.17, 15) is 4.79 Å². The molecule has 8 nitrogen and oxygen atoms in total. The number of methoxy groups -OCH3 is 1. The molecular formula is C19H16ClN5O3S. The van der Waals surface area contributed by atoms with Crippen LogP contribution >= 0.6 is 23.4 Å². The summed E-state index contributed by atoms with van der Waals surface area (Å²) in [5.74, 6) is 7.46. The molecule has 2 heterocycles. The van der Waals surface area contributed by atoms with E-state index in [2.05, 4.69) is 15.5 Å². The molecule has 4 aromatic rings. The summed E-state index contributed by atoms with van der Waals surface area (Å²) in [6, 6.07) is 14.3. The van der Waals surface area contributed by atoms with Crippen molar-refractivity contribution in [1.29, 1.82) is 0 Å². The molecule has 0 radical (unpaired) electrons. The number of benzene rings is 2. The number of halogens is 1. The number of nitrogens with zero attached hydrogens (tertiary/aromatic N) is 3. The minimum Gasteiger partial charge on any atom is -0.493 e. The highest BCUT2D eigenvalue weighted by molar-refractivity contribution is 7.99. The first-order valence-corrected chi connectivity index (χ1v) is 9.87. The van der Waals surface area contributed by atoms with E-state index in [1.165, 1.54) is 16.4 Å². The van der Waals surface area contributed by atoms with Crippen molar-refractivity contribution >= 4 is 45.9 Å². The summed E-state index contributed by atoms with van der Waals surface area (Å²) in [5.41, 5.74) is 1.26. The van der Waals surface area contributed by atoms with Gasteiger partial charge in [-0.15, -0.1) is 10.2 Å². The number of nitrogen functional groups attached to an aromatic ring is 1. The van der Waals surface area contributed by atoms with Gasteiger partial charge >= 0.3 is 0 Å². The summed E-state index contributed by atoms with van der Waals surface area (Å²) < 4.78 is 12.5. The van der Waals surface area contributed by atoms with Crippen molar-refractivity contribution in [2.24, 2.45) is 0 Å². The third-order valence-electron chi connectivity index (χ3n) is 4.07. The van der Waals surface area contributed by atoms with Gasteiger partial charge in [0.15, 0.2) is 17.1 Å². The molecule has 0 spiro atoms. The Morgan fingerprint density at radius 1 is 1.28 bits per heavy atom. The quantitative estimate of drug-likeness (QED) is 0.354. The number of rotatable bonds is 6. The van der Waals surface area contributed by atoms with Gasteiger partial charge in [-0.2, -0.15) is 0 Å². The Kier molecular flexibility index (Phi) is 5.32. The first-order valence-electron chi connectivity index (χ1n) is 8.51. The molecule has 0 aliphatic rings. The van der Waals surface area contributed by atoms with Crippen LogP contribution in [0.3, 0.4) is 0 Å². The van der Waals surface area contributed by atoms with Gasteiger partial charge in [0, 0.05) is 16.1 Å². The molecule has 3 N–H and O–H groups in total. The van der Waals surface area contributed by atoms with Crippen LogP contribution < -0.4 is 15.9 Å². The van der Waals surface area contributed by atoms with Gasteiger partial charge in [0.2, 0.25) is 16.9 Å². The highest BCUT2D eigenvalue weighted by atomic mass is 35.5. The van der Waals surface area contributed by atoms with E-state index in [4.69, 9.17) is 26.6 Å². The molecule has 0 bridgehead atoms. The van der Waals surface area contributed by atoms with Gasteiger partial charge in [-0.3, -0.25) is 4.79 Å². The van der Waals surface area contributed by atoms with Crippen molar-refractivity contribution in [2.45, 2.75) is 5.16 Å². The number of hydrogen-bond donors (Lipinski definition) is 2. The maximum absolute atomic E-state index is 12.2. The van der Waals surface area contributed by atoms with Crippen molar-refractivity contribution in [2.75, 3.05) is 24.0 Å². The topological polar surface area (TPSA) is 108 Å². The van der Waals surface area contributed by atoms with E-state index in [1.807, 2.05) is 24.3 Å². The number of fused-ring (bicyclic) bond motifs is 1. The van der Waals surface area contributed by atoms with Crippen LogP contribution in [0.15, 0.2) is 58.1 Å². The largest absolute Gasteiger partial charge is 0.493 e. The van der Waals surface area contributed by atoms with Crippen molar-refractivity contribution in [3.63, 3.8) is 0 Å². The number of para-hydroxylation sites is 1. The molecule has 0 fully saturated rings. The fourth-order valence-corrected chi connectivity index (χ4v) is 3.49. The number of anilines is 1. The summed E-state index contributed by atoms with van der Waals surface area (Å²) in [6.45, 7) is 0. The van der Waals surface area contributed by atoms with E-state index < -0.39 is 0 Å². The second-order valence-corrected chi connectivity index (χ2v) is 7.39. The fraction of sp³-hybridized carbons (Fsp3) is 0.105. The Labute approximate surface area is 175 Å². The van der Waals surface area contributed by atoms with Crippen molar-refractivity contribution < 1.29 is 13.9 Å². The van der Waals surface area contributed by atoms with Crippen LogP contribution in [0.1, 0.15) is 0 Å². The first-order chi connectivity index (χ1) is 14.0. The molecule has 0 aliphatic carbocycles. The highest BCUT2D eigenvalue weighted by Gasteiger charge is 2.18. The number of ether oxygens (including phenoxy) is 1. The van der Waals surface area contributed by atoms with Crippen molar-refractivity contribution in [3.8, 4) is 17.3 Å². The number of thioether (sulfide) groups is 1. The van der Waals surface area contributed by atoms with Crippen LogP contribution in [0.25, 0.3) is 22.6 Å². The molecule has 2 aromatic carbocycles. The molecule has 4 rings (SSSR count). The molecule has 148 valence electrons. The SMILES string of the molecule is COc1cccc2cc(-c3nnc(SCC(=O)Nc4ccc(Cl)cc4)n3N)oc12. The summed E-state index contributed by atoms with van der Waals surface area (Å²) >= 11 is 7.01. The maximum Gasteiger partial charge on any atom is 0.234 e. The Morgan fingerprint density at radius 2 is 2.07 bits per heavy atom. The third kappa shape index (κ3) is 4.01. The predicted molar refractivity (Wildman–Crippen MR) is 113 cm³/mol. The Morgan fingerprint density at radius 3 is 2.83 bits per heavy atom. The van der Waals surface area contributed by atoms with Crippen LogP contribution in [0, 0.1) is 0 Å². The molecule has 10 heteroatoms. The lowest BCUT2D eigenvalue weighted by Gasteiger charge is -2.05. The van der Waals surface area contributed by atoms with Crippen LogP contribution in [0.4, 0.5) is 5.69 Å². The lowest BCUT2D eigenvalue weighted by Crippen LogP contribution is -2.16. The molecule has 1 amide bonds. The molecule has 0 saturated heterocycles. The van der Waals surface area contributed by atoms with Gasteiger partial charge < -0.3 is 20.3 Å². The Hall–Kier alpha value is -3.17. The fourth-order valence-electron chi connectivity index (χ4n) is 2.71. The number of carbonyl (C=O) groups is 1. The third-order valence-corrected chi connectivity index (χ3v) is 5.27. The number of nitrogens with one attached hydrogen (secondary N) is 1. The van der Waals surface area contributed by atoms with Crippen molar-refractivity contribution in [1.82, 2.24) is 14.9 Å².